The van der Waals surface area contributed by atoms with Crippen LogP contribution in [0.25, 0.3) is 0 Å². The molecule has 0 amide bonds. The number of hydrogen-bond acceptors (Lipinski definition) is 7. The summed E-state index contributed by atoms with van der Waals surface area (Å²) in [6.07, 6.45) is 2.65. The number of benzene rings is 1. The molecule has 0 aliphatic carbocycles. The van der Waals surface area contributed by atoms with E-state index in [9.17, 15) is 14.9 Å². The number of nitro groups is 1. The van der Waals surface area contributed by atoms with Gasteiger partial charge >= 0.3 is 5.69 Å². The SMILES string of the molecule is O=c1nc(N/N=C/c2cccc([N+](=O)[O-])c2)cn[nH]1. The van der Waals surface area contributed by atoms with E-state index in [1.54, 1.807) is 12.1 Å². The predicted molar refractivity (Wildman–Crippen MR) is 67.0 cm³/mol. The van der Waals surface area contributed by atoms with Gasteiger partial charge in [-0.1, -0.05) is 12.1 Å². The average molecular weight is 260 g/mol. The number of H-pyrrole nitrogens is 1. The van der Waals surface area contributed by atoms with E-state index in [4.69, 9.17) is 0 Å². The second kappa shape index (κ2) is 5.49. The van der Waals surface area contributed by atoms with E-state index in [2.05, 4.69) is 25.7 Å². The second-order valence-electron chi connectivity index (χ2n) is 3.39. The lowest BCUT2D eigenvalue weighted by Gasteiger charge is -1.96. The van der Waals surface area contributed by atoms with Gasteiger partial charge in [-0.3, -0.25) is 15.5 Å². The zero-order valence-electron chi connectivity index (χ0n) is 9.48. The first-order valence-corrected chi connectivity index (χ1v) is 5.10. The monoisotopic (exact) mass is 260 g/mol. The van der Waals surface area contributed by atoms with Crippen molar-refractivity contribution in [1.29, 1.82) is 0 Å². The Morgan fingerprint density at radius 2 is 2.32 bits per heavy atom. The maximum absolute atomic E-state index is 10.8. The molecular weight excluding hydrogens is 252 g/mol. The second-order valence-corrected chi connectivity index (χ2v) is 3.39. The van der Waals surface area contributed by atoms with Gasteiger partial charge in [-0.25, -0.2) is 9.89 Å². The summed E-state index contributed by atoms with van der Waals surface area (Å²) in [6, 6.07) is 5.95. The zero-order chi connectivity index (χ0) is 13.7. The molecule has 0 saturated carbocycles. The first-order chi connectivity index (χ1) is 9.15. The van der Waals surface area contributed by atoms with Crippen LogP contribution in [0.1, 0.15) is 5.56 Å². The van der Waals surface area contributed by atoms with Crippen LogP contribution in [0.5, 0.6) is 0 Å². The van der Waals surface area contributed by atoms with Gasteiger partial charge in [0.05, 0.1) is 17.3 Å². The van der Waals surface area contributed by atoms with Crippen LogP contribution in [0.3, 0.4) is 0 Å². The first-order valence-electron chi connectivity index (χ1n) is 5.10. The molecular formula is C10H8N6O3. The van der Waals surface area contributed by atoms with Crippen molar-refractivity contribution in [3.8, 4) is 0 Å². The van der Waals surface area contributed by atoms with Crippen LogP contribution in [0.2, 0.25) is 0 Å². The normalized spacial score (nSPS) is 10.5. The summed E-state index contributed by atoms with van der Waals surface area (Å²) in [5.41, 5.74) is 2.40. The highest BCUT2D eigenvalue weighted by atomic mass is 16.6. The van der Waals surface area contributed by atoms with Crippen LogP contribution in [-0.4, -0.2) is 26.3 Å². The van der Waals surface area contributed by atoms with Gasteiger partial charge in [-0.15, -0.1) is 0 Å². The van der Waals surface area contributed by atoms with Gasteiger partial charge in [0.25, 0.3) is 5.69 Å². The van der Waals surface area contributed by atoms with E-state index < -0.39 is 10.6 Å². The fourth-order valence-corrected chi connectivity index (χ4v) is 1.26. The van der Waals surface area contributed by atoms with Crippen LogP contribution < -0.4 is 11.1 Å². The molecule has 0 atom stereocenters. The summed E-state index contributed by atoms with van der Waals surface area (Å²) in [6.45, 7) is 0. The first kappa shape index (κ1) is 12.4. The number of nitrogens with zero attached hydrogens (tertiary/aromatic N) is 4. The average Bonchev–Trinajstić information content (AvgIpc) is 2.39. The number of anilines is 1. The molecule has 0 saturated heterocycles. The molecule has 19 heavy (non-hydrogen) atoms. The lowest BCUT2D eigenvalue weighted by molar-refractivity contribution is -0.384. The minimum Gasteiger partial charge on any atom is -0.260 e. The minimum atomic E-state index is -0.601. The molecule has 2 rings (SSSR count). The number of nitro benzene ring substituents is 1. The molecule has 96 valence electrons. The lowest BCUT2D eigenvalue weighted by atomic mass is 10.2. The number of rotatable bonds is 4. The van der Waals surface area contributed by atoms with Crippen molar-refractivity contribution in [3.05, 3.63) is 56.6 Å². The van der Waals surface area contributed by atoms with E-state index in [0.717, 1.165) is 0 Å². The molecule has 0 aliphatic rings. The van der Waals surface area contributed by atoms with Gasteiger partial charge in [0.2, 0.25) is 0 Å². The van der Waals surface area contributed by atoms with Gasteiger partial charge < -0.3 is 0 Å². The molecule has 9 heteroatoms. The quantitative estimate of drug-likeness (QED) is 0.468. The van der Waals surface area contributed by atoms with E-state index in [1.165, 1.54) is 24.5 Å². The molecule has 1 heterocycles. The molecule has 1 aromatic heterocycles. The maximum atomic E-state index is 10.8. The van der Waals surface area contributed by atoms with Crippen LogP contribution in [0.15, 0.2) is 40.4 Å². The minimum absolute atomic E-state index is 0.0279. The van der Waals surface area contributed by atoms with E-state index in [0.29, 0.717) is 5.56 Å². The number of hydrazone groups is 1. The predicted octanol–water partition coefficient (Wildman–Crippen LogP) is 0.519. The Morgan fingerprint density at radius 3 is 3.05 bits per heavy atom. The summed E-state index contributed by atoms with van der Waals surface area (Å²) >= 11 is 0. The largest absolute Gasteiger partial charge is 0.363 e. The highest BCUT2D eigenvalue weighted by Gasteiger charge is 2.03. The number of nitrogens with one attached hydrogen (secondary N) is 2. The maximum Gasteiger partial charge on any atom is 0.363 e. The molecule has 0 unspecified atom stereocenters. The van der Waals surface area contributed by atoms with E-state index >= 15 is 0 Å². The Bertz CT molecular complexity index is 681. The van der Waals surface area contributed by atoms with Crippen molar-refractivity contribution < 1.29 is 4.92 Å². The highest BCUT2D eigenvalue weighted by molar-refractivity contribution is 5.81. The smallest absolute Gasteiger partial charge is 0.260 e. The Kier molecular flexibility index (Phi) is 3.57. The van der Waals surface area contributed by atoms with Crippen LogP contribution >= 0.6 is 0 Å². The van der Waals surface area contributed by atoms with Gasteiger partial charge in [-0.2, -0.15) is 15.2 Å². The Labute approximate surface area is 106 Å². The van der Waals surface area contributed by atoms with Gasteiger partial charge in [0, 0.05) is 17.7 Å². The summed E-state index contributed by atoms with van der Waals surface area (Å²) in [5, 5.41) is 20.0. The fourth-order valence-electron chi connectivity index (χ4n) is 1.26. The topological polar surface area (TPSA) is 126 Å². The van der Waals surface area contributed by atoms with Crippen molar-refractivity contribution >= 4 is 17.7 Å². The van der Waals surface area contributed by atoms with Gasteiger partial charge in [0.15, 0.2) is 5.82 Å². The molecule has 0 aliphatic heterocycles. The lowest BCUT2D eigenvalue weighted by Crippen LogP contribution is -2.13. The molecule has 9 nitrogen and oxygen atoms in total. The van der Waals surface area contributed by atoms with Crippen molar-refractivity contribution in [1.82, 2.24) is 15.2 Å². The van der Waals surface area contributed by atoms with Crippen molar-refractivity contribution in [2.75, 3.05) is 5.43 Å². The molecule has 0 radical (unpaired) electrons. The number of aromatic nitrogens is 3. The van der Waals surface area contributed by atoms with Crippen molar-refractivity contribution in [2.24, 2.45) is 5.10 Å². The number of aromatic amines is 1. The molecule has 1 aromatic carbocycles. The molecule has 2 N–H and O–H groups in total. The van der Waals surface area contributed by atoms with E-state index in [1.807, 2.05) is 0 Å². The third kappa shape index (κ3) is 3.43. The van der Waals surface area contributed by atoms with Crippen molar-refractivity contribution in [3.63, 3.8) is 0 Å². The summed E-state index contributed by atoms with van der Waals surface area (Å²) < 4.78 is 0. The summed E-state index contributed by atoms with van der Waals surface area (Å²) in [4.78, 5) is 24.5. The number of hydrogen-bond donors (Lipinski definition) is 2. The van der Waals surface area contributed by atoms with Gasteiger partial charge in [-0.05, 0) is 0 Å². The zero-order valence-corrected chi connectivity index (χ0v) is 9.48. The van der Waals surface area contributed by atoms with Gasteiger partial charge in [0.1, 0.15) is 0 Å². The number of non-ortho nitro benzene ring substituents is 1. The Hall–Kier alpha value is -3.10. The Morgan fingerprint density at radius 1 is 1.47 bits per heavy atom. The third-order valence-corrected chi connectivity index (χ3v) is 2.04. The van der Waals surface area contributed by atoms with E-state index in [-0.39, 0.29) is 11.5 Å². The molecule has 0 fully saturated rings. The fraction of sp³-hybridized carbons (Fsp3) is 0. The van der Waals surface area contributed by atoms with Crippen molar-refractivity contribution in [2.45, 2.75) is 0 Å². The van der Waals surface area contributed by atoms with Crippen LogP contribution in [0, 0.1) is 10.1 Å². The molecule has 0 spiro atoms. The summed E-state index contributed by atoms with van der Waals surface area (Å²) in [5.74, 6) is 0.172. The van der Waals surface area contributed by atoms with Crippen LogP contribution in [-0.2, 0) is 0 Å². The summed E-state index contributed by atoms with van der Waals surface area (Å²) in [7, 11) is 0. The Balaban J connectivity index is 2.09. The standard InChI is InChI=1S/C10H8N6O3/c17-10-13-9(6-12-15-10)14-11-5-7-2-1-3-8(4-7)16(18)19/h1-6H,(H2,13,14,15,17)/b11-5+. The molecule has 2 aromatic rings. The van der Waals surface area contributed by atoms with Crippen LogP contribution in [0.4, 0.5) is 11.5 Å². The highest BCUT2D eigenvalue weighted by Crippen LogP contribution is 2.11. The third-order valence-electron chi connectivity index (χ3n) is 2.04. The molecule has 0 bridgehead atoms.